The minimum Gasteiger partial charge on any atom is -0.350 e. The van der Waals surface area contributed by atoms with Crippen LogP contribution in [0.5, 0.6) is 0 Å². The Morgan fingerprint density at radius 3 is 2.50 bits per heavy atom. The molecule has 4 heterocycles. The highest BCUT2D eigenvalue weighted by molar-refractivity contribution is 5.85. The lowest BCUT2D eigenvalue weighted by atomic mass is 10.1. The number of aryl methyl sites for hydroxylation is 1. The molecule has 5 rings (SSSR count). The van der Waals surface area contributed by atoms with E-state index in [4.69, 9.17) is 4.98 Å². The zero-order chi connectivity index (χ0) is 19.1. The third-order valence-electron chi connectivity index (χ3n) is 5.50. The second kappa shape index (κ2) is 6.54. The van der Waals surface area contributed by atoms with Crippen molar-refractivity contribution in [2.45, 2.75) is 6.92 Å². The average molecular weight is 369 g/mol. The molecule has 1 aliphatic rings. The minimum atomic E-state index is 0.650. The van der Waals surface area contributed by atoms with Crippen molar-refractivity contribution in [3.63, 3.8) is 0 Å². The second-order valence-electron chi connectivity index (χ2n) is 7.15. The van der Waals surface area contributed by atoms with Gasteiger partial charge in [0.1, 0.15) is 25.0 Å². The lowest BCUT2D eigenvalue weighted by Crippen LogP contribution is -2.48. The van der Waals surface area contributed by atoms with E-state index in [2.05, 4.69) is 49.5 Å². The lowest BCUT2D eigenvalue weighted by molar-refractivity contribution is -0.364. The number of piperazine rings is 1. The maximum absolute atomic E-state index is 9.68. The summed E-state index contributed by atoms with van der Waals surface area (Å²) >= 11 is 0. The van der Waals surface area contributed by atoms with Gasteiger partial charge in [0.2, 0.25) is 0 Å². The number of imidazole rings is 1. The number of nitriles is 1. The molecule has 0 radical (unpaired) electrons. The molecule has 1 aromatic carbocycles. The smallest absolute Gasteiger partial charge is 0.274 e. The fraction of sp³-hybridized carbons (Fsp3) is 0.227. The summed E-state index contributed by atoms with van der Waals surface area (Å²) in [7, 11) is 0. The van der Waals surface area contributed by atoms with Crippen molar-refractivity contribution in [3.8, 4) is 6.07 Å². The Balaban J connectivity index is 1.57. The molecule has 1 aliphatic heterocycles. The number of aromatic amines is 1. The number of rotatable bonds is 2. The molecule has 0 unspecified atom stereocenters. The molecule has 1 N–H and O–H groups in total. The second-order valence-corrected chi connectivity index (χ2v) is 7.15. The molecule has 1 saturated heterocycles. The molecule has 4 aromatic rings. The Morgan fingerprint density at radius 1 is 1.00 bits per heavy atom. The molecule has 138 valence electrons. The van der Waals surface area contributed by atoms with Gasteiger partial charge in [0.05, 0.1) is 35.9 Å². The van der Waals surface area contributed by atoms with Gasteiger partial charge in [0.25, 0.3) is 5.82 Å². The Morgan fingerprint density at radius 2 is 1.75 bits per heavy atom. The van der Waals surface area contributed by atoms with Crippen LogP contribution in [0.15, 0.2) is 54.7 Å². The van der Waals surface area contributed by atoms with E-state index in [1.807, 2.05) is 37.4 Å². The van der Waals surface area contributed by atoms with Gasteiger partial charge in [-0.3, -0.25) is 9.30 Å². The number of pyridine rings is 2. The van der Waals surface area contributed by atoms with E-state index in [1.165, 1.54) is 0 Å². The fourth-order valence-corrected chi connectivity index (χ4v) is 4.06. The highest BCUT2D eigenvalue weighted by atomic mass is 15.3. The van der Waals surface area contributed by atoms with Crippen LogP contribution in [-0.2, 0) is 0 Å². The van der Waals surface area contributed by atoms with Crippen LogP contribution >= 0.6 is 0 Å². The summed E-state index contributed by atoms with van der Waals surface area (Å²) < 4.78 is 2.14. The largest absolute Gasteiger partial charge is 0.350 e. The van der Waals surface area contributed by atoms with Crippen LogP contribution in [0.4, 0.5) is 11.6 Å². The summed E-state index contributed by atoms with van der Waals surface area (Å²) in [5.41, 5.74) is 4.33. The maximum Gasteiger partial charge on any atom is 0.274 e. The summed E-state index contributed by atoms with van der Waals surface area (Å²) in [6.45, 7) is 5.70. The van der Waals surface area contributed by atoms with Crippen molar-refractivity contribution >= 4 is 28.3 Å². The van der Waals surface area contributed by atoms with Gasteiger partial charge in [0.15, 0.2) is 5.65 Å². The molecule has 0 aliphatic carbocycles. The predicted molar refractivity (Wildman–Crippen MR) is 110 cm³/mol. The van der Waals surface area contributed by atoms with Crippen molar-refractivity contribution in [1.29, 1.82) is 5.26 Å². The number of hydrogen-bond acceptors (Lipinski definition) is 4. The topological polar surface area (TPSA) is 61.7 Å². The first kappa shape index (κ1) is 16.6. The molecule has 28 heavy (non-hydrogen) atoms. The maximum atomic E-state index is 9.68. The first-order valence-corrected chi connectivity index (χ1v) is 9.54. The van der Waals surface area contributed by atoms with Gasteiger partial charge in [-0.05, 0) is 36.8 Å². The first-order valence-electron chi connectivity index (χ1n) is 9.54. The van der Waals surface area contributed by atoms with E-state index in [1.54, 1.807) is 0 Å². The number of hydrogen-bond donors (Lipinski definition) is 0. The number of benzene rings is 1. The van der Waals surface area contributed by atoms with Crippen LogP contribution in [0.3, 0.4) is 0 Å². The Labute approximate surface area is 163 Å². The molecule has 0 bridgehead atoms. The van der Waals surface area contributed by atoms with Gasteiger partial charge in [0, 0.05) is 6.07 Å². The zero-order valence-electron chi connectivity index (χ0n) is 15.8. The number of fused-ring (bicyclic) bond motifs is 3. The standard InChI is InChI=1S/C22H20N6/c1-16-14-21(27-12-10-26(11-13-27)20-8-4-5-9-24-20)28-19-7-3-2-6-18(19)25-22(28)17(16)15-23/h2-9,14H,10-13H2,1H3/p+1. The third-order valence-corrected chi connectivity index (χ3v) is 5.50. The van der Waals surface area contributed by atoms with Gasteiger partial charge < -0.3 is 4.90 Å². The van der Waals surface area contributed by atoms with Crippen LogP contribution in [0.25, 0.3) is 16.7 Å². The number of H-pyrrole nitrogens is 1. The first-order chi connectivity index (χ1) is 13.8. The lowest BCUT2D eigenvalue weighted by Gasteiger charge is -2.33. The number of para-hydroxylation sites is 2. The van der Waals surface area contributed by atoms with E-state index < -0.39 is 0 Å². The van der Waals surface area contributed by atoms with E-state index in [-0.39, 0.29) is 0 Å². The monoisotopic (exact) mass is 369 g/mol. The van der Waals surface area contributed by atoms with Gasteiger partial charge in [-0.1, -0.05) is 18.2 Å². The molecule has 0 amide bonds. The van der Waals surface area contributed by atoms with Crippen LogP contribution < -0.4 is 14.8 Å². The Kier molecular flexibility index (Phi) is 3.87. The SMILES string of the molecule is Cc1cc(N2CCN(c3cccc[nH+]3)CC2)n2c(nc3ccccc32)c1C#N. The van der Waals surface area contributed by atoms with Crippen molar-refractivity contribution in [1.82, 2.24) is 9.38 Å². The van der Waals surface area contributed by atoms with Gasteiger partial charge in [-0.15, -0.1) is 0 Å². The number of anilines is 2. The van der Waals surface area contributed by atoms with Gasteiger partial charge >= 0.3 is 0 Å². The molecular weight excluding hydrogens is 348 g/mol. The summed E-state index contributed by atoms with van der Waals surface area (Å²) in [6.07, 6.45) is 1.97. The van der Waals surface area contributed by atoms with E-state index >= 15 is 0 Å². The molecule has 0 saturated carbocycles. The average Bonchev–Trinajstić information content (AvgIpc) is 3.13. The predicted octanol–water partition coefficient (Wildman–Crippen LogP) is 2.81. The normalized spacial score (nSPS) is 14.6. The molecular formula is C22H21N6+. The third kappa shape index (κ3) is 2.55. The molecule has 6 nitrogen and oxygen atoms in total. The number of nitrogens with one attached hydrogen (secondary N) is 1. The fourth-order valence-electron chi connectivity index (χ4n) is 4.06. The molecule has 1 fully saturated rings. The highest BCUT2D eigenvalue weighted by Crippen LogP contribution is 2.29. The van der Waals surface area contributed by atoms with E-state index in [0.717, 1.165) is 60.1 Å². The Hall–Kier alpha value is -3.59. The van der Waals surface area contributed by atoms with E-state index in [0.29, 0.717) is 5.56 Å². The molecule has 3 aromatic heterocycles. The zero-order valence-corrected chi connectivity index (χ0v) is 15.8. The summed E-state index contributed by atoms with van der Waals surface area (Å²) in [5, 5.41) is 9.68. The van der Waals surface area contributed by atoms with Crippen molar-refractivity contribution in [3.05, 3.63) is 65.9 Å². The highest BCUT2D eigenvalue weighted by Gasteiger charge is 2.26. The van der Waals surface area contributed by atoms with Crippen molar-refractivity contribution in [2.75, 3.05) is 36.0 Å². The van der Waals surface area contributed by atoms with Crippen LogP contribution in [0.1, 0.15) is 11.1 Å². The quantitative estimate of drug-likeness (QED) is 0.545. The van der Waals surface area contributed by atoms with Crippen molar-refractivity contribution < 1.29 is 4.98 Å². The summed E-state index contributed by atoms with van der Waals surface area (Å²) in [4.78, 5) is 12.9. The van der Waals surface area contributed by atoms with E-state index in [9.17, 15) is 5.26 Å². The Bertz CT molecular complexity index is 1200. The summed E-state index contributed by atoms with van der Waals surface area (Å²) in [6, 6.07) is 18.7. The number of nitrogens with zero attached hydrogens (tertiary/aromatic N) is 5. The van der Waals surface area contributed by atoms with Crippen LogP contribution in [0, 0.1) is 18.3 Å². The van der Waals surface area contributed by atoms with Crippen LogP contribution in [-0.4, -0.2) is 35.6 Å². The van der Waals surface area contributed by atoms with Gasteiger partial charge in [-0.25, -0.2) is 9.97 Å². The van der Waals surface area contributed by atoms with Crippen molar-refractivity contribution in [2.24, 2.45) is 0 Å². The molecule has 0 atom stereocenters. The minimum absolute atomic E-state index is 0.650. The summed E-state index contributed by atoms with van der Waals surface area (Å²) in [5.74, 6) is 2.26. The molecule has 0 spiro atoms. The van der Waals surface area contributed by atoms with Gasteiger partial charge in [-0.2, -0.15) is 5.26 Å². The molecule has 6 heteroatoms. The van der Waals surface area contributed by atoms with Crippen LogP contribution in [0.2, 0.25) is 0 Å². The number of aromatic nitrogens is 3.